The summed E-state index contributed by atoms with van der Waals surface area (Å²) in [6.07, 6.45) is 1.18. The number of rotatable bonds is 8. The van der Waals surface area contributed by atoms with Crippen molar-refractivity contribution in [3.05, 3.63) is 30.3 Å². The summed E-state index contributed by atoms with van der Waals surface area (Å²) in [6.45, 7) is 13.1. The monoisotopic (exact) mass is 354 g/mol. The molecule has 0 radical (unpaired) electrons. The lowest BCUT2D eigenvalue weighted by Crippen LogP contribution is -2.43. The number of hydrogen-bond acceptors (Lipinski definition) is 3. The van der Waals surface area contributed by atoms with Crippen molar-refractivity contribution in [3.63, 3.8) is 0 Å². The predicted octanol–water partition coefficient (Wildman–Crippen LogP) is 4.55. The average molecular weight is 355 g/mol. The van der Waals surface area contributed by atoms with E-state index in [-0.39, 0.29) is 22.7 Å². The van der Waals surface area contributed by atoms with Crippen LogP contribution in [0.15, 0.2) is 35.2 Å². The molecule has 0 aliphatic rings. The molecule has 23 heavy (non-hydrogen) atoms. The van der Waals surface area contributed by atoms with Gasteiger partial charge in [-0.2, -0.15) is 0 Å². The molecule has 0 aliphatic heterocycles. The molecule has 2 atom stereocenters. The highest BCUT2D eigenvalue weighted by Gasteiger charge is 2.38. The first-order valence-corrected chi connectivity index (χ1v) is 12.4. The van der Waals surface area contributed by atoms with Crippen LogP contribution in [0.5, 0.6) is 0 Å². The Labute approximate surface area is 144 Å². The van der Waals surface area contributed by atoms with Crippen LogP contribution in [0.25, 0.3) is 0 Å². The summed E-state index contributed by atoms with van der Waals surface area (Å²) in [5.74, 6) is 0.134. The highest BCUT2D eigenvalue weighted by molar-refractivity contribution is 7.85. The molecule has 2 unspecified atom stereocenters. The second-order valence-corrected chi connectivity index (χ2v) is 13.8. The molecule has 0 N–H and O–H groups in total. The summed E-state index contributed by atoms with van der Waals surface area (Å²) in [4.78, 5) is 12.8. The van der Waals surface area contributed by atoms with Gasteiger partial charge < -0.3 is 4.43 Å². The SMILES string of the molecule is CC(CCC(=O)CS(=O)c1ccccc1)O[Si](C)(C)C(C)(C)C. The highest BCUT2D eigenvalue weighted by atomic mass is 32.2. The second-order valence-electron chi connectivity index (χ2n) is 7.57. The van der Waals surface area contributed by atoms with Crippen molar-refractivity contribution in [2.45, 2.75) is 69.7 Å². The Hall–Kier alpha value is -0.783. The lowest BCUT2D eigenvalue weighted by atomic mass is 10.2. The van der Waals surface area contributed by atoms with Gasteiger partial charge in [-0.05, 0) is 43.6 Å². The van der Waals surface area contributed by atoms with Gasteiger partial charge in [-0.25, -0.2) is 0 Å². The van der Waals surface area contributed by atoms with Crippen molar-refractivity contribution in [2.75, 3.05) is 5.75 Å². The van der Waals surface area contributed by atoms with Crippen molar-refractivity contribution in [1.82, 2.24) is 0 Å². The zero-order valence-electron chi connectivity index (χ0n) is 15.2. The Balaban J connectivity index is 2.43. The molecule has 0 heterocycles. The Morgan fingerprint density at radius 1 is 1.22 bits per heavy atom. The van der Waals surface area contributed by atoms with E-state index in [9.17, 15) is 9.00 Å². The van der Waals surface area contributed by atoms with E-state index in [0.29, 0.717) is 17.7 Å². The van der Waals surface area contributed by atoms with E-state index in [2.05, 4.69) is 33.9 Å². The zero-order valence-corrected chi connectivity index (χ0v) is 17.0. The average Bonchev–Trinajstić information content (AvgIpc) is 2.44. The van der Waals surface area contributed by atoms with E-state index in [4.69, 9.17) is 4.43 Å². The molecule has 0 fully saturated rings. The van der Waals surface area contributed by atoms with Gasteiger partial charge in [0.2, 0.25) is 0 Å². The quantitative estimate of drug-likeness (QED) is 0.643. The largest absolute Gasteiger partial charge is 0.414 e. The van der Waals surface area contributed by atoms with Crippen LogP contribution in [0.3, 0.4) is 0 Å². The lowest BCUT2D eigenvalue weighted by molar-refractivity contribution is -0.117. The van der Waals surface area contributed by atoms with Crippen LogP contribution in [0, 0.1) is 0 Å². The third-order valence-electron chi connectivity index (χ3n) is 4.43. The van der Waals surface area contributed by atoms with Crippen molar-refractivity contribution >= 4 is 24.9 Å². The van der Waals surface area contributed by atoms with Crippen molar-refractivity contribution in [3.8, 4) is 0 Å². The summed E-state index contributed by atoms with van der Waals surface area (Å²) in [6, 6.07) is 9.15. The fraction of sp³-hybridized carbons (Fsp3) is 0.611. The number of ketones is 1. The summed E-state index contributed by atoms with van der Waals surface area (Å²) >= 11 is 0. The summed E-state index contributed by atoms with van der Waals surface area (Å²) in [5, 5.41) is 0.167. The number of carbonyl (C=O) groups is 1. The predicted molar refractivity (Wildman–Crippen MR) is 99.7 cm³/mol. The van der Waals surface area contributed by atoms with Gasteiger partial charge in [0.15, 0.2) is 8.32 Å². The smallest absolute Gasteiger partial charge is 0.192 e. The molecule has 0 saturated heterocycles. The van der Waals surface area contributed by atoms with Crippen molar-refractivity contribution in [2.24, 2.45) is 0 Å². The van der Waals surface area contributed by atoms with Crippen LogP contribution in [0.1, 0.15) is 40.5 Å². The van der Waals surface area contributed by atoms with Crippen LogP contribution in [0.4, 0.5) is 0 Å². The van der Waals surface area contributed by atoms with E-state index in [1.54, 1.807) is 12.1 Å². The van der Waals surface area contributed by atoms with Gasteiger partial charge >= 0.3 is 0 Å². The molecular weight excluding hydrogens is 324 g/mol. The molecule has 130 valence electrons. The number of Topliss-reactive ketones (excluding diaryl/α,β-unsaturated/α-hetero) is 1. The third-order valence-corrected chi connectivity index (χ3v) is 10.4. The molecule has 1 aromatic rings. The van der Waals surface area contributed by atoms with Crippen molar-refractivity contribution < 1.29 is 13.4 Å². The fourth-order valence-electron chi connectivity index (χ4n) is 1.98. The molecule has 0 saturated carbocycles. The Bertz CT molecular complexity index is 535. The third kappa shape index (κ3) is 6.69. The summed E-state index contributed by atoms with van der Waals surface area (Å²) < 4.78 is 18.4. The minimum Gasteiger partial charge on any atom is -0.414 e. The van der Waals surface area contributed by atoms with Crippen LogP contribution in [-0.4, -0.2) is 30.2 Å². The first-order valence-electron chi connectivity index (χ1n) is 8.16. The maximum absolute atomic E-state index is 12.1. The number of hydrogen-bond donors (Lipinski definition) is 0. The molecule has 0 bridgehead atoms. The molecule has 3 nitrogen and oxygen atoms in total. The standard InChI is InChI=1S/C18H30O3SSi/c1-15(21-23(5,6)18(2,3)4)12-13-16(19)14-22(20)17-10-8-7-9-11-17/h7-11,15H,12-14H2,1-6H3. The lowest BCUT2D eigenvalue weighted by Gasteiger charge is -2.38. The first-order chi connectivity index (χ1) is 10.5. The zero-order chi connectivity index (χ0) is 17.7. The maximum Gasteiger partial charge on any atom is 0.192 e. The maximum atomic E-state index is 12.1. The second kappa shape index (κ2) is 8.35. The fourth-order valence-corrected chi connectivity index (χ4v) is 4.52. The van der Waals surface area contributed by atoms with Gasteiger partial charge in [0.1, 0.15) is 5.78 Å². The Kier molecular flexibility index (Phi) is 7.36. The van der Waals surface area contributed by atoms with Gasteiger partial charge in [0.05, 0.1) is 16.6 Å². The van der Waals surface area contributed by atoms with Gasteiger partial charge in [0.25, 0.3) is 0 Å². The normalized spacial score (nSPS) is 15.2. The molecule has 0 aromatic heterocycles. The Morgan fingerprint density at radius 3 is 2.30 bits per heavy atom. The molecule has 0 spiro atoms. The van der Waals surface area contributed by atoms with Gasteiger partial charge in [0, 0.05) is 17.4 Å². The van der Waals surface area contributed by atoms with E-state index < -0.39 is 19.1 Å². The molecular formula is C18H30O3SSi. The minimum atomic E-state index is -1.80. The molecule has 1 rings (SSSR count). The van der Waals surface area contributed by atoms with Crippen LogP contribution in [-0.2, 0) is 20.0 Å². The van der Waals surface area contributed by atoms with Crippen LogP contribution < -0.4 is 0 Å². The van der Waals surface area contributed by atoms with Crippen molar-refractivity contribution in [1.29, 1.82) is 0 Å². The van der Waals surface area contributed by atoms with E-state index in [1.807, 2.05) is 25.1 Å². The van der Waals surface area contributed by atoms with Crippen LogP contribution >= 0.6 is 0 Å². The first kappa shape index (κ1) is 20.3. The highest BCUT2D eigenvalue weighted by Crippen LogP contribution is 2.37. The molecule has 5 heteroatoms. The van der Waals surface area contributed by atoms with E-state index in [1.165, 1.54) is 0 Å². The van der Waals surface area contributed by atoms with Gasteiger partial charge in [-0.3, -0.25) is 9.00 Å². The number of carbonyl (C=O) groups excluding carboxylic acids is 1. The molecule has 0 aliphatic carbocycles. The number of benzene rings is 1. The van der Waals surface area contributed by atoms with E-state index in [0.717, 1.165) is 0 Å². The minimum absolute atomic E-state index is 0.0397. The van der Waals surface area contributed by atoms with Gasteiger partial charge in [-0.1, -0.05) is 39.0 Å². The molecule has 0 amide bonds. The summed E-state index contributed by atoms with van der Waals surface area (Å²) in [7, 11) is -3.04. The topological polar surface area (TPSA) is 43.4 Å². The van der Waals surface area contributed by atoms with Gasteiger partial charge in [-0.15, -0.1) is 0 Å². The van der Waals surface area contributed by atoms with E-state index >= 15 is 0 Å². The van der Waals surface area contributed by atoms with Crippen LogP contribution in [0.2, 0.25) is 18.1 Å². The molecule has 1 aromatic carbocycles. The Morgan fingerprint density at radius 2 is 1.78 bits per heavy atom. The summed E-state index contributed by atoms with van der Waals surface area (Å²) in [5.41, 5.74) is 0.